The van der Waals surface area contributed by atoms with Crippen LogP contribution in [0.4, 0.5) is 0 Å². The Morgan fingerprint density at radius 1 is 1.11 bits per heavy atom. The predicted octanol–water partition coefficient (Wildman–Crippen LogP) is 3.81. The lowest BCUT2D eigenvalue weighted by atomic mass is 10.2. The Labute approximate surface area is 171 Å². The van der Waals surface area contributed by atoms with E-state index >= 15 is 0 Å². The summed E-state index contributed by atoms with van der Waals surface area (Å²) in [5.41, 5.74) is 1.21. The van der Waals surface area contributed by atoms with Crippen molar-refractivity contribution < 1.29 is 8.42 Å². The summed E-state index contributed by atoms with van der Waals surface area (Å²) in [6.45, 7) is 2.50. The molecule has 5 nitrogen and oxygen atoms in total. The van der Waals surface area contributed by atoms with Crippen LogP contribution in [0, 0.1) is 4.64 Å². The summed E-state index contributed by atoms with van der Waals surface area (Å²) in [6, 6.07) is 11.8. The lowest BCUT2D eigenvalue weighted by Crippen LogP contribution is -2.29. The molecule has 1 saturated heterocycles. The summed E-state index contributed by atoms with van der Waals surface area (Å²) in [5.74, 6) is 0. The molecule has 0 amide bonds. The third kappa shape index (κ3) is 5.00. The van der Waals surface area contributed by atoms with Crippen LogP contribution in [0.2, 0.25) is 0 Å². The Hall–Kier alpha value is -1.19. The van der Waals surface area contributed by atoms with Crippen LogP contribution >= 0.6 is 24.0 Å². The Kier molecular flexibility index (Phi) is 6.75. The minimum Gasteiger partial charge on any atom is -0.324 e. The van der Waals surface area contributed by atoms with E-state index in [-0.39, 0.29) is 0 Å². The number of rotatable bonds is 7. The van der Waals surface area contributed by atoms with Gasteiger partial charge in [0.2, 0.25) is 10.0 Å². The molecule has 2 heterocycles. The molecule has 2 aromatic rings. The van der Waals surface area contributed by atoms with Gasteiger partial charge in [-0.05, 0) is 56.0 Å². The molecule has 8 heteroatoms. The molecule has 27 heavy (non-hydrogen) atoms. The van der Waals surface area contributed by atoms with E-state index in [1.54, 1.807) is 34.4 Å². The average Bonchev–Trinajstić information content (AvgIpc) is 3.19. The van der Waals surface area contributed by atoms with Crippen LogP contribution in [0.1, 0.15) is 18.4 Å². The predicted molar refractivity (Wildman–Crippen MR) is 113 cm³/mol. The maximum atomic E-state index is 12.8. The fraction of sp³-hybridized carbons (Fsp3) is 0.421. The van der Waals surface area contributed by atoms with E-state index in [1.165, 1.54) is 10.5 Å². The Bertz CT molecular complexity index is 933. The van der Waals surface area contributed by atoms with Crippen LogP contribution in [0.25, 0.3) is 0 Å². The molecular weight excluding hydrogens is 398 g/mol. The van der Waals surface area contributed by atoms with Gasteiger partial charge in [0.25, 0.3) is 0 Å². The van der Waals surface area contributed by atoms with Gasteiger partial charge < -0.3 is 4.57 Å². The Balaban J connectivity index is 1.74. The van der Waals surface area contributed by atoms with Gasteiger partial charge in [-0.25, -0.2) is 8.42 Å². The standard InChI is InChI=1S/C19H25N3O2S3/c1-20(13-16-5-7-17(26-2)8-6-16)15-21-14-18(9-10-19(21)25)27(23,24)22-11-3-4-12-22/h5-10,14H,3-4,11-13,15H2,1-2H3. The molecule has 1 aliphatic heterocycles. The van der Waals surface area contributed by atoms with Crippen molar-refractivity contribution in [3.8, 4) is 0 Å². The molecule has 0 bridgehead atoms. The van der Waals surface area contributed by atoms with Crippen molar-refractivity contribution >= 4 is 34.0 Å². The van der Waals surface area contributed by atoms with Crippen molar-refractivity contribution in [3.63, 3.8) is 0 Å². The molecule has 0 aliphatic carbocycles. The monoisotopic (exact) mass is 423 g/mol. The number of benzene rings is 1. The number of nitrogens with zero attached hydrogens (tertiary/aromatic N) is 3. The van der Waals surface area contributed by atoms with Crippen LogP contribution in [0.15, 0.2) is 52.4 Å². The van der Waals surface area contributed by atoms with E-state index < -0.39 is 10.0 Å². The highest BCUT2D eigenvalue weighted by Gasteiger charge is 2.27. The molecule has 0 unspecified atom stereocenters. The summed E-state index contributed by atoms with van der Waals surface area (Å²) in [4.78, 5) is 3.68. The van der Waals surface area contributed by atoms with E-state index in [9.17, 15) is 8.42 Å². The van der Waals surface area contributed by atoms with Crippen LogP contribution in [-0.4, -0.2) is 48.6 Å². The number of thioether (sulfide) groups is 1. The molecule has 146 valence electrons. The van der Waals surface area contributed by atoms with Crippen LogP contribution < -0.4 is 0 Å². The van der Waals surface area contributed by atoms with E-state index in [4.69, 9.17) is 12.2 Å². The minimum atomic E-state index is -3.43. The summed E-state index contributed by atoms with van der Waals surface area (Å²) in [6.07, 6.45) is 5.59. The first kappa shape index (κ1) is 20.5. The summed E-state index contributed by atoms with van der Waals surface area (Å²) in [7, 11) is -1.43. The molecule has 0 radical (unpaired) electrons. The Morgan fingerprint density at radius 2 is 1.78 bits per heavy atom. The fourth-order valence-electron chi connectivity index (χ4n) is 3.20. The number of hydrogen-bond donors (Lipinski definition) is 0. The molecule has 0 atom stereocenters. The van der Waals surface area contributed by atoms with Gasteiger partial charge in [0.1, 0.15) is 4.64 Å². The zero-order valence-electron chi connectivity index (χ0n) is 15.7. The van der Waals surface area contributed by atoms with Gasteiger partial charge in [0.15, 0.2) is 0 Å². The van der Waals surface area contributed by atoms with Crippen LogP contribution in [-0.2, 0) is 23.2 Å². The van der Waals surface area contributed by atoms with E-state index in [0.717, 1.165) is 19.4 Å². The molecule has 3 rings (SSSR count). The molecular formula is C19H25N3O2S3. The Morgan fingerprint density at radius 3 is 2.41 bits per heavy atom. The van der Waals surface area contributed by atoms with Crippen molar-refractivity contribution in [2.45, 2.75) is 35.8 Å². The minimum absolute atomic E-state index is 0.315. The largest absolute Gasteiger partial charge is 0.324 e. The van der Waals surface area contributed by atoms with Gasteiger partial charge in [-0.3, -0.25) is 4.90 Å². The van der Waals surface area contributed by atoms with Gasteiger partial charge in [-0.15, -0.1) is 11.8 Å². The molecule has 1 aliphatic rings. The average molecular weight is 424 g/mol. The first-order valence-corrected chi connectivity index (χ1v) is 12.0. The second-order valence-corrected chi connectivity index (χ2v) is 10.0. The quantitative estimate of drug-likeness (QED) is 0.500. The third-order valence-electron chi connectivity index (χ3n) is 4.66. The molecule has 0 N–H and O–H groups in total. The van der Waals surface area contributed by atoms with Crippen molar-refractivity contribution in [2.24, 2.45) is 0 Å². The SMILES string of the molecule is CSc1ccc(CN(C)Cn2cc(S(=O)(=O)N3CCCC3)ccc2=S)cc1. The molecule has 1 fully saturated rings. The number of aromatic nitrogens is 1. The van der Waals surface area contributed by atoms with Crippen LogP contribution in [0.3, 0.4) is 0 Å². The summed E-state index contributed by atoms with van der Waals surface area (Å²) >= 11 is 7.13. The number of sulfonamides is 1. The van der Waals surface area contributed by atoms with E-state index in [2.05, 4.69) is 35.4 Å². The lowest BCUT2D eigenvalue weighted by Gasteiger charge is -2.21. The summed E-state index contributed by atoms with van der Waals surface area (Å²) in [5, 5.41) is 0. The zero-order chi connectivity index (χ0) is 19.4. The molecule has 1 aromatic heterocycles. The van der Waals surface area contributed by atoms with E-state index in [0.29, 0.717) is 29.3 Å². The normalized spacial score (nSPS) is 15.5. The number of pyridine rings is 1. The third-order valence-corrected chi connectivity index (χ3v) is 7.66. The molecule has 0 saturated carbocycles. The molecule has 1 aromatic carbocycles. The van der Waals surface area contributed by atoms with Gasteiger partial charge in [0, 0.05) is 30.7 Å². The van der Waals surface area contributed by atoms with Crippen molar-refractivity contribution in [1.29, 1.82) is 0 Å². The van der Waals surface area contributed by atoms with Gasteiger partial charge in [-0.1, -0.05) is 24.4 Å². The summed E-state index contributed by atoms with van der Waals surface area (Å²) < 4.78 is 29.6. The number of hydrogen-bond acceptors (Lipinski definition) is 5. The zero-order valence-corrected chi connectivity index (χ0v) is 18.1. The first-order valence-electron chi connectivity index (χ1n) is 8.92. The van der Waals surface area contributed by atoms with Crippen molar-refractivity contribution in [3.05, 3.63) is 52.8 Å². The van der Waals surface area contributed by atoms with Gasteiger partial charge in [0.05, 0.1) is 11.6 Å². The highest BCUT2D eigenvalue weighted by molar-refractivity contribution is 7.98. The molecule has 0 spiro atoms. The second-order valence-electron chi connectivity index (χ2n) is 6.79. The maximum Gasteiger partial charge on any atom is 0.244 e. The van der Waals surface area contributed by atoms with Gasteiger partial charge in [-0.2, -0.15) is 4.31 Å². The van der Waals surface area contributed by atoms with Crippen molar-refractivity contribution in [1.82, 2.24) is 13.8 Å². The highest BCUT2D eigenvalue weighted by Crippen LogP contribution is 2.21. The second kappa shape index (κ2) is 8.87. The highest BCUT2D eigenvalue weighted by atomic mass is 32.2. The lowest BCUT2D eigenvalue weighted by molar-refractivity contribution is 0.257. The van der Waals surface area contributed by atoms with Crippen LogP contribution in [0.5, 0.6) is 0 Å². The van der Waals surface area contributed by atoms with Crippen molar-refractivity contribution in [2.75, 3.05) is 26.4 Å². The fourth-order valence-corrected chi connectivity index (χ4v) is 5.33. The first-order chi connectivity index (χ1) is 12.9. The maximum absolute atomic E-state index is 12.8. The van der Waals surface area contributed by atoms with E-state index in [1.807, 2.05) is 11.6 Å². The topological polar surface area (TPSA) is 45.6 Å². The smallest absolute Gasteiger partial charge is 0.244 e. The van der Waals surface area contributed by atoms with Gasteiger partial charge >= 0.3 is 0 Å².